The van der Waals surface area contributed by atoms with Crippen LogP contribution in [0.3, 0.4) is 0 Å². The van der Waals surface area contributed by atoms with E-state index in [0.29, 0.717) is 0 Å². The lowest BCUT2D eigenvalue weighted by molar-refractivity contribution is -0.143. The third-order valence-electron chi connectivity index (χ3n) is 2.51. The first kappa shape index (κ1) is 14.9. The first-order chi connectivity index (χ1) is 7.15. The van der Waals surface area contributed by atoms with E-state index >= 15 is 0 Å². The van der Waals surface area contributed by atoms with E-state index in [4.69, 9.17) is 10.2 Å². The van der Waals surface area contributed by atoms with Gasteiger partial charge in [-0.25, -0.2) is 0 Å². The summed E-state index contributed by atoms with van der Waals surface area (Å²) in [5.74, 6) is -2.31. The minimum atomic E-state index is -1.11. The van der Waals surface area contributed by atoms with Gasteiger partial charge in [-0.1, -0.05) is 13.8 Å². The molecule has 3 N–H and O–H groups in total. The second kappa shape index (κ2) is 5.81. The van der Waals surface area contributed by atoms with E-state index in [-0.39, 0.29) is 12.5 Å². The third-order valence-corrected chi connectivity index (χ3v) is 2.51. The predicted molar refractivity (Wildman–Crippen MR) is 57.2 cm³/mol. The molecule has 0 aliphatic rings. The van der Waals surface area contributed by atoms with Crippen molar-refractivity contribution >= 4 is 11.9 Å². The largest absolute Gasteiger partial charge is 0.480 e. The molecule has 0 aromatic carbocycles. The highest BCUT2D eigenvalue weighted by Crippen LogP contribution is 2.17. The van der Waals surface area contributed by atoms with Crippen LogP contribution in [-0.2, 0) is 9.59 Å². The van der Waals surface area contributed by atoms with Gasteiger partial charge in [0.1, 0.15) is 0 Å². The van der Waals surface area contributed by atoms with Crippen molar-refractivity contribution in [2.24, 2.45) is 5.92 Å². The maximum atomic E-state index is 10.5. The second-order valence-electron chi connectivity index (χ2n) is 4.44. The van der Waals surface area contributed by atoms with Crippen molar-refractivity contribution in [1.82, 2.24) is 4.90 Å². The van der Waals surface area contributed by atoms with Gasteiger partial charge in [0.15, 0.2) is 0 Å². The molecular weight excluding hydrogens is 214 g/mol. The summed E-state index contributed by atoms with van der Waals surface area (Å²) in [6.07, 6.45) is 0. The smallest absolute Gasteiger partial charge is 0.317 e. The molecule has 0 bridgehead atoms. The van der Waals surface area contributed by atoms with Crippen LogP contribution in [0.25, 0.3) is 0 Å². The topological polar surface area (TPSA) is 98.1 Å². The molecule has 0 aromatic heterocycles. The van der Waals surface area contributed by atoms with Crippen LogP contribution in [0.4, 0.5) is 0 Å². The SMILES string of the molecule is CC(C)C(C)(O)CN(CC(=O)O)CC(=O)O. The first-order valence-corrected chi connectivity index (χ1v) is 5.03. The fourth-order valence-electron chi connectivity index (χ4n) is 1.19. The van der Waals surface area contributed by atoms with Crippen molar-refractivity contribution < 1.29 is 24.9 Å². The Bertz CT molecular complexity index is 246. The number of carboxylic acid groups (broad SMARTS) is 2. The summed E-state index contributed by atoms with van der Waals surface area (Å²) in [4.78, 5) is 22.3. The molecule has 0 saturated carbocycles. The summed E-state index contributed by atoms with van der Waals surface area (Å²) >= 11 is 0. The molecular formula is C10H19NO5. The monoisotopic (exact) mass is 233 g/mol. The summed E-state index contributed by atoms with van der Waals surface area (Å²) in [6.45, 7) is 4.38. The lowest BCUT2D eigenvalue weighted by atomic mass is 9.92. The van der Waals surface area contributed by atoms with Gasteiger partial charge in [-0.3, -0.25) is 14.5 Å². The van der Waals surface area contributed by atoms with Gasteiger partial charge in [0.2, 0.25) is 0 Å². The Morgan fingerprint density at radius 1 is 1.19 bits per heavy atom. The highest BCUT2D eigenvalue weighted by atomic mass is 16.4. The van der Waals surface area contributed by atoms with Gasteiger partial charge in [-0.2, -0.15) is 0 Å². The number of rotatable bonds is 7. The van der Waals surface area contributed by atoms with Crippen LogP contribution in [0.2, 0.25) is 0 Å². The van der Waals surface area contributed by atoms with Crippen LogP contribution in [-0.4, -0.2) is 57.4 Å². The lowest BCUT2D eigenvalue weighted by Gasteiger charge is -2.32. The minimum absolute atomic E-state index is 0.0171. The fourth-order valence-corrected chi connectivity index (χ4v) is 1.19. The Hall–Kier alpha value is -1.14. The van der Waals surface area contributed by atoms with Gasteiger partial charge < -0.3 is 15.3 Å². The maximum absolute atomic E-state index is 10.5. The van der Waals surface area contributed by atoms with Crippen molar-refractivity contribution in [2.75, 3.05) is 19.6 Å². The first-order valence-electron chi connectivity index (χ1n) is 5.03. The summed E-state index contributed by atoms with van der Waals surface area (Å²) in [5.41, 5.74) is -1.11. The van der Waals surface area contributed by atoms with Crippen LogP contribution < -0.4 is 0 Å². The zero-order chi connectivity index (χ0) is 12.9. The molecule has 94 valence electrons. The van der Waals surface area contributed by atoms with Gasteiger partial charge in [-0.05, 0) is 12.8 Å². The van der Waals surface area contributed by atoms with Crippen LogP contribution in [0.5, 0.6) is 0 Å². The average Bonchev–Trinajstić information content (AvgIpc) is 1.99. The highest BCUT2D eigenvalue weighted by molar-refractivity contribution is 5.72. The molecule has 16 heavy (non-hydrogen) atoms. The molecule has 6 heteroatoms. The molecule has 0 aliphatic carbocycles. The molecule has 1 unspecified atom stereocenters. The van der Waals surface area contributed by atoms with Crippen molar-refractivity contribution in [3.8, 4) is 0 Å². The van der Waals surface area contributed by atoms with E-state index in [0.717, 1.165) is 0 Å². The van der Waals surface area contributed by atoms with Gasteiger partial charge in [0.25, 0.3) is 0 Å². The van der Waals surface area contributed by atoms with E-state index in [1.165, 1.54) is 4.90 Å². The van der Waals surface area contributed by atoms with Gasteiger partial charge >= 0.3 is 11.9 Å². The molecule has 0 aliphatic heterocycles. The predicted octanol–water partition coefficient (Wildman–Crippen LogP) is -0.135. The third kappa shape index (κ3) is 5.67. The number of aliphatic carboxylic acids is 2. The van der Waals surface area contributed by atoms with Crippen LogP contribution in [0.15, 0.2) is 0 Å². The molecule has 0 spiro atoms. The molecule has 1 atom stereocenters. The zero-order valence-corrected chi connectivity index (χ0v) is 9.80. The average molecular weight is 233 g/mol. The molecule has 6 nitrogen and oxygen atoms in total. The summed E-state index contributed by atoms with van der Waals surface area (Å²) in [6, 6.07) is 0. The van der Waals surface area contributed by atoms with Crippen molar-refractivity contribution in [3.05, 3.63) is 0 Å². The van der Waals surface area contributed by atoms with Crippen molar-refractivity contribution in [3.63, 3.8) is 0 Å². The Morgan fingerprint density at radius 2 is 1.56 bits per heavy atom. The van der Waals surface area contributed by atoms with Crippen LogP contribution in [0.1, 0.15) is 20.8 Å². The Labute approximate surface area is 94.5 Å². The zero-order valence-electron chi connectivity index (χ0n) is 9.80. The van der Waals surface area contributed by atoms with Crippen LogP contribution >= 0.6 is 0 Å². The quantitative estimate of drug-likeness (QED) is 0.566. The molecule has 0 amide bonds. The lowest BCUT2D eigenvalue weighted by Crippen LogP contribution is -2.47. The van der Waals surface area contributed by atoms with Gasteiger partial charge in [-0.15, -0.1) is 0 Å². The fraction of sp³-hybridized carbons (Fsp3) is 0.800. The second-order valence-corrected chi connectivity index (χ2v) is 4.44. The summed E-state index contributed by atoms with van der Waals surface area (Å²) < 4.78 is 0. The molecule has 0 saturated heterocycles. The Morgan fingerprint density at radius 3 is 1.81 bits per heavy atom. The van der Waals surface area contributed by atoms with E-state index in [2.05, 4.69) is 0 Å². The Balaban J connectivity index is 4.52. The van der Waals surface area contributed by atoms with E-state index < -0.39 is 30.6 Å². The molecule has 0 fully saturated rings. The molecule has 0 rings (SSSR count). The maximum Gasteiger partial charge on any atom is 0.317 e. The summed E-state index contributed by atoms with van der Waals surface area (Å²) in [5, 5.41) is 27.2. The number of nitrogens with zero attached hydrogens (tertiary/aromatic N) is 1. The standard InChI is InChI=1S/C10H19NO5/c1-7(2)10(3,16)6-11(4-8(12)13)5-9(14)15/h7,16H,4-6H2,1-3H3,(H,12,13)(H,14,15). The van der Waals surface area contributed by atoms with Gasteiger partial charge in [0, 0.05) is 6.54 Å². The van der Waals surface area contributed by atoms with Crippen molar-refractivity contribution in [1.29, 1.82) is 0 Å². The normalized spacial score (nSPS) is 15.1. The van der Waals surface area contributed by atoms with E-state index in [1.807, 2.05) is 0 Å². The number of hydrogen-bond acceptors (Lipinski definition) is 4. The number of aliphatic hydroxyl groups is 1. The number of hydrogen-bond donors (Lipinski definition) is 3. The minimum Gasteiger partial charge on any atom is -0.480 e. The number of carbonyl (C=O) groups is 2. The van der Waals surface area contributed by atoms with Crippen molar-refractivity contribution in [2.45, 2.75) is 26.4 Å². The molecule has 0 aromatic rings. The summed E-state index contributed by atoms with van der Waals surface area (Å²) in [7, 11) is 0. The molecule has 0 radical (unpaired) electrons. The Kier molecular flexibility index (Phi) is 5.40. The van der Waals surface area contributed by atoms with Gasteiger partial charge in [0.05, 0.1) is 18.7 Å². The molecule has 0 heterocycles. The van der Waals surface area contributed by atoms with E-state index in [9.17, 15) is 14.7 Å². The van der Waals surface area contributed by atoms with E-state index in [1.54, 1.807) is 20.8 Å². The van der Waals surface area contributed by atoms with Crippen LogP contribution in [0, 0.1) is 5.92 Å². The number of carboxylic acids is 2. The highest BCUT2D eigenvalue weighted by Gasteiger charge is 2.29.